The van der Waals surface area contributed by atoms with Crippen molar-refractivity contribution in [1.29, 1.82) is 0 Å². The zero-order chi connectivity index (χ0) is 15.8. The fraction of sp³-hybridized carbons (Fsp3) is 0.462. The van der Waals surface area contributed by atoms with E-state index < -0.39 is 29.7 Å². The van der Waals surface area contributed by atoms with Crippen molar-refractivity contribution in [3.8, 4) is 0 Å². The molecule has 0 fully saturated rings. The molecule has 116 valence electrons. The van der Waals surface area contributed by atoms with Crippen molar-refractivity contribution in [3.63, 3.8) is 0 Å². The third-order valence-corrected chi connectivity index (χ3v) is 3.32. The van der Waals surface area contributed by atoms with Crippen molar-refractivity contribution in [2.24, 2.45) is 0 Å². The number of hydrogen-bond donors (Lipinski definition) is 2. The first-order valence-electron chi connectivity index (χ1n) is 6.18. The zero-order valence-electron chi connectivity index (χ0n) is 10.7. The van der Waals surface area contributed by atoms with Gasteiger partial charge in [-0.15, -0.1) is 0 Å². The van der Waals surface area contributed by atoms with Crippen LogP contribution in [0.4, 0.5) is 22.0 Å². The number of aliphatic hydroxyl groups is 1. The molecule has 1 heterocycles. The Labute approximate surface area is 116 Å². The Hall–Kier alpha value is -1.70. The fourth-order valence-corrected chi connectivity index (χ4v) is 2.13. The highest BCUT2D eigenvalue weighted by molar-refractivity contribution is 5.96. The molecule has 1 aliphatic rings. The van der Waals surface area contributed by atoms with Gasteiger partial charge >= 0.3 is 12.1 Å². The molecule has 3 nitrogen and oxygen atoms in total. The van der Waals surface area contributed by atoms with Gasteiger partial charge in [0.15, 0.2) is 6.10 Å². The van der Waals surface area contributed by atoms with Crippen LogP contribution in [0.25, 0.3) is 0 Å². The van der Waals surface area contributed by atoms with Crippen molar-refractivity contribution in [2.75, 3.05) is 6.54 Å². The molecule has 2 rings (SSSR count). The number of rotatable bonds is 2. The number of carbonyl (C=O) groups excluding carboxylic acids is 1. The molecule has 0 aliphatic carbocycles. The van der Waals surface area contributed by atoms with Crippen molar-refractivity contribution in [3.05, 3.63) is 34.9 Å². The van der Waals surface area contributed by atoms with E-state index in [0.29, 0.717) is 24.9 Å². The van der Waals surface area contributed by atoms with Crippen LogP contribution in [0.3, 0.4) is 0 Å². The minimum atomic E-state index is -5.87. The van der Waals surface area contributed by atoms with E-state index in [1.165, 1.54) is 6.07 Å². The van der Waals surface area contributed by atoms with E-state index in [4.69, 9.17) is 0 Å². The Morgan fingerprint density at radius 3 is 2.48 bits per heavy atom. The largest absolute Gasteiger partial charge is 0.456 e. The van der Waals surface area contributed by atoms with Crippen LogP contribution in [0.5, 0.6) is 0 Å². The summed E-state index contributed by atoms with van der Waals surface area (Å²) in [4.78, 5) is 11.7. The van der Waals surface area contributed by atoms with Gasteiger partial charge in [0.05, 0.1) is 0 Å². The van der Waals surface area contributed by atoms with Crippen molar-refractivity contribution < 1.29 is 31.9 Å². The van der Waals surface area contributed by atoms with E-state index in [-0.39, 0.29) is 5.56 Å². The maximum Gasteiger partial charge on any atom is 0.456 e. The molecule has 8 heteroatoms. The predicted molar refractivity (Wildman–Crippen MR) is 63.1 cm³/mol. The first-order chi connectivity index (χ1) is 9.64. The monoisotopic (exact) mass is 309 g/mol. The van der Waals surface area contributed by atoms with Crippen LogP contribution in [0.15, 0.2) is 18.2 Å². The third-order valence-electron chi connectivity index (χ3n) is 3.32. The Balaban J connectivity index is 2.40. The van der Waals surface area contributed by atoms with Crippen LogP contribution in [-0.2, 0) is 6.42 Å². The molecule has 0 bridgehead atoms. The van der Waals surface area contributed by atoms with Crippen molar-refractivity contribution >= 4 is 5.91 Å². The van der Waals surface area contributed by atoms with Crippen LogP contribution in [-0.4, -0.2) is 29.7 Å². The first-order valence-corrected chi connectivity index (χ1v) is 6.18. The van der Waals surface area contributed by atoms with Crippen molar-refractivity contribution in [1.82, 2.24) is 5.32 Å². The molecule has 0 saturated heterocycles. The standard InChI is InChI=1S/C13H12F5NO2/c14-12(15,13(16,17)18)10(20)8-4-3-7-2-1-5-19-11(21)9(7)6-8/h3-4,6,10,20H,1-2,5H2,(H,19,21). The van der Waals surface area contributed by atoms with Gasteiger partial charge in [-0.25, -0.2) is 0 Å². The topological polar surface area (TPSA) is 49.3 Å². The first kappa shape index (κ1) is 15.7. The summed E-state index contributed by atoms with van der Waals surface area (Å²) in [6.07, 6.45) is -7.79. The van der Waals surface area contributed by atoms with Crippen LogP contribution in [0, 0.1) is 0 Å². The second-order valence-electron chi connectivity index (χ2n) is 4.80. The highest BCUT2D eigenvalue weighted by Gasteiger charge is 2.62. The fourth-order valence-electron chi connectivity index (χ4n) is 2.13. The number of benzene rings is 1. The molecule has 1 unspecified atom stereocenters. The summed E-state index contributed by atoms with van der Waals surface area (Å²) in [5.74, 6) is -5.84. The van der Waals surface area contributed by atoms with E-state index in [9.17, 15) is 31.9 Å². The van der Waals surface area contributed by atoms with Crippen LogP contribution < -0.4 is 5.32 Å². The summed E-state index contributed by atoms with van der Waals surface area (Å²) >= 11 is 0. The number of aryl methyl sites for hydroxylation is 1. The molecule has 1 amide bonds. The number of nitrogens with one attached hydrogen (secondary N) is 1. The molecule has 1 aliphatic heterocycles. The Morgan fingerprint density at radius 1 is 1.19 bits per heavy atom. The average Bonchev–Trinajstić information content (AvgIpc) is 2.58. The maximum absolute atomic E-state index is 13.1. The Kier molecular flexibility index (Phi) is 3.92. The smallest absolute Gasteiger partial charge is 0.382 e. The number of carbonyl (C=O) groups is 1. The number of hydrogen-bond acceptors (Lipinski definition) is 2. The quantitative estimate of drug-likeness (QED) is 0.825. The summed E-state index contributed by atoms with van der Waals surface area (Å²) in [7, 11) is 0. The van der Waals surface area contributed by atoms with Gasteiger partial charge in [0.25, 0.3) is 5.91 Å². The minimum Gasteiger partial charge on any atom is -0.382 e. The maximum atomic E-state index is 13.1. The Morgan fingerprint density at radius 2 is 1.86 bits per heavy atom. The molecule has 2 N–H and O–H groups in total. The predicted octanol–water partition coefficient (Wildman–Crippen LogP) is 2.59. The van der Waals surface area contributed by atoms with Crippen molar-refractivity contribution in [2.45, 2.75) is 31.0 Å². The summed E-state index contributed by atoms with van der Waals surface area (Å²) < 4.78 is 63.1. The second kappa shape index (κ2) is 5.25. The number of aliphatic hydroxyl groups excluding tert-OH is 1. The van der Waals surface area contributed by atoms with Gasteiger partial charge in [0.2, 0.25) is 0 Å². The van der Waals surface area contributed by atoms with Crippen LogP contribution in [0.2, 0.25) is 0 Å². The molecule has 0 radical (unpaired) electrons. The Bertz CT molecular complexity index is 556. The molecule has 1 atom stereocenters. The molecule has 21 heavy (non-hydrogen) atoms. The summed E-state index contributed by atoms with van der Waals surface area (Å²) in [6.45, 7) is 0.393. The summed E-state index contributed by atoms with van der Waals surface area (Å²) in [6, 6.07) is 3.17. The minimum absolute atomic E-state index is 0.0158. The number of halogens is 5. The summed E-state index contributed by atoms with van der Waals surface area (Å²) in [5.41, 5.74) is -0.0774. The molecular weight excluding hydrogens is 297 g/mol. The van der Waals surface area contributed by atoms with Gasteiger partial charge in [-0.05, 0) is 30.0 Å². The van der Waals surface area contributed by atoms with Gasteiger partial charge in [-0.3, -0.25) is 4.79 Å². The lowest BCUT2D eigenvalue weighted by molar-refractivity contribution is -0.315. The lowest BCUT2D eigenvalue weighted by atomic mass is 9.96. The molecule has 0 spiro atoms. The van der Waals surface area contributed by atoms with Gasteiger partial charge in [0.1, 0.15) is 0 Å². The lowest BCUT2D eigenvalue weighted by Gasteiger charge is -2.25. The van der Waals surface area contributed by atoms with Gasteiger partial charge in [-0.2, -0.15) is 22.0 Å². The zero-order valence-corrected chi connectivity index (χ0v) is 10.7. The number of fused-ring (bicyclic) bond motifs is 1. The van der Waals surface area contributed by atoms with Gasteiger partial charge < -0.3 is 10.4 Å². The molecule has 1 aromatic carbocycles. The molecule has 1 aromatic rings. The summed E-state index contributed by atoms with van der Waals surface area (Å²) in [5, 5.41) is 11.8. The lowest BCUT2D eigenvalue weighted by Crippen LogP contribution is -2.42. The average molecular weight is 309 g/mol. The number of alkyl halides is 5. The van der Waals surface area contributed by atoms with E-state index >= 15 is 0 Å². The number of amides is 1. The van der Waals surface area contributed by atoms with Crippen LogP contribution in [0.1, 0.15) is 34.0 Å². The van der Waals surface area contributed by atoms with E-state index in [2.05, 4.69) is 5.32 Å². The van der Waals surface area contributed by atoms with Crippen LogP contribution >= 0.6 is 0 Å². The highest BCUT2D eigenvalue weighted by atomic mass is 19.4. The van der Waals surface area contributed by atoms with E-state index in [1.807, 2.05) is 0 Å². The highest BCUT2D eigenvalue weighted by Crippen LogP contribution is 2.44. The van der Waals surface area contributed by atoms with E-state index in [0.717, 1.165) is 12.1 Å². The van der Waals surface area contributed by atoms with Gasteiger partial charge in [-0.1, -0.05) is 12.1 Å². The van der Waals surface area contributed by atoms with Gasteiger partial charge in [0, 0.05) is 12.1 Å². The third kappa shape index (κ3) is 2.85. The molecule has 0 saturated carbocycles. The normalized spacial score (nSPS) is 17.7. The second-order valence-corrected chi connectivity index (χ2v) is 4.80. The SMILES string of the molecule is O=C1NCCCc2ccc(C(O)C(F)(F)C(F)(F)F)cc21. The molecular formula is C13H12F5NO2. The molecule has 0 aromatic heterocycles. The van der Waals surface area contributed by atoms with E-state index in [1.54, 1.807) is 0 Å².